The number of carbonyl (C=O) groups is 1. The molecule has 3 N–H and O–H groups in total. The van der Waals surface area contributed by atoms with E-state index in [0.29, 0.717) is 17.1 Å². The van der Waals surface area contributed by atoms with E-state index in [1.165, 1.54) is 11.3 Å². The van der Waals surface area contributed by atoms with E-state index in [-0.39, 0.29) is 11.3 Å². The summed E-state index contributed by atoms with van der Waals surface area (Å²) in [5.41, 5.74) is 6.76. The molecule has 4 heteroatoms. The summed E-state index contributed by atoms with van der Waals surface area (Å²) >= 11 is 1.45. The van der Waals surface area contributed by atoms with Gasteiger partial charge in [0.05, 0.1) is 5.69 Å². The molecule has 0 saturated carbocycles. The van der Waals surface area contributed by atoms with Crippen molar-refractivity contribution in [2.45, 2.75) is 27.2 Å². The zero-order valence-corrected chi connectivity index (χ0v) is 12.4. The fourth-order valence-corrected chi connectivity index (χ4v) is 2.80. The lowest BCUT2D eigenvalue weighted by molar-refractivity contribution is 0.0940. The molecule has 1 aromatic heterocycles. The van der Waals surface area contributed by atoms with Crippen molar-refractivity contribution in [3.8, 4) is 0 Å². The molecule has 2 rings (SSSR count). The SMILES string of the molecule is CCC(C)(C)CNC(=O)c1sc2ccccc2c1N. The van der Waals surface area contributed by atoms with Crippen LogP contribution in [0.4, 0.5) is 5.69 Å². The molecule has 0 bridgehead atoms. The molecule has 0 saturated heterocycles. The first-order valence-corrected chi connectivity index (χ1v) is 7.31. The summed E-state index contributed by atoms with van der Waals surface area (Å²) in [5.74, 6) is -0.0692. The molecule has 2 aromatic rings. The molecule has 0 atom stereocenters. The quantitative estimate of drug-likeness (QED) is 0.895. The lowest BCUT2D eigenvalue weighted by Crippen LogP contribution is -2.33. The summed E-state index contributed by atoms with van der Waals surface area (Å²) in [7, 11) is 0. The second-order valence-corrected chi connectivity index (χ2v) is 6.59. The molecule has 19 heavy (non-hydrogen) atoms. The number of thiophene rings is 1. The van der Waals surface area contributed by atoms with E-state index in [2.05, 4.69) is 26.1 Å². The molecule has 3 nitrogen and oxygen atoms in total. The summed E-state index contributed by atoms with van der Waals surface area (Å²) in [6, 6.07) is 7.84. The van der Waals surface area contributed by atoms with Crippen molar-refractivity contribution in [2.75, 3.05) is 12.3 Å². The zero-order chi connectivity index (χ0) is 14.0. The highest BCUT2D eigenvalue weighted by atomic mass is 32.1. The normalized spacial score (nSPS) is 11.7. The number of hydrogen-bond donors (Lipinski definition) is 2. The number of carbonyl (C=O) groups excluding carboxylic acids is 1. The summed E-state index contributed by atoms with van der Waals surface area (Å²) in [4.78, 5) is 12.8. The predicted molar refractivity (Wildman–Crippen MR) is 82.6 cm³/mol. The maximum Gasteiger partial charge on any atom is 0.263 e. The third-order valence-electron chi connectivity index (χ3n) is 3.52. The number of fused-ring (bicyclic) bond motifs is 1. The van der Waals surface area contributed by atoms with Crippen LogP contribution in [-0.4, -0.2) is 12.5 Å². The van der Waals surface area contributed by atoms with E-state index in [0.717, 1.165) is 16.5 Å². The molecule has 0 fully saturated rings. The third kappa shape index (κ3) is 2.89. The lowest BCUT2D eigenvalue weighted by Gasteiger charge is -2.22. The van der Waals surface area contributed by atoms with Crippen molar-refractivity contribution >= 4 is 33.0 Å². The van der Waals surface area contributed by atoms with Gasteiger partial charge in [0.15, 0.2) is 0 Å². The molecule has 102 valence electrons. The fraction of sp³-hybridized carbons (Fsp3) is 0.400. The zero-order valence-electron chi connectivity index (χ0n) is 11.6. The molecule has 0 unspecified atom stereocenters. The van der Waals surface area contributed by atoms with E-state index < -0.39 is 0 Å². The van der Waals surface area contributed by atoms with Crippen molar-refractivity contribution in [1.82, 2.24) is 5.32 Å². The van der Waals surface area contributed by atoms with Crippen LogP contribution in [0.2, 0.25) is 0 Å². The van der Waals surface area contributed by atoms with Gasteiger partial charge in [-0.1, -0.05) is 39.0 Å². The van der Waals surface area contributed by atoms with Crippen molar-refractivity contribution in [3.05, 3.63) is 29.1 Å². The highest BCUT2D eigenvalue weighted by molar-refractivity contribution is 7.21. The van der Waals surface area contributed by atoms with Crippen LogP contribution >= 0.6 is 11.3 Å². The average Bonchev–Trinajstić information content (AvgIpc) is 2.74. The Morgan fingerprint density at radius 2 is 2.05 bits per heavy atom. The Morgan fingerprint density at radius 3 is 2.68 bits per heavy atom. The first kappa shape index (κ1) is 13.9. The predicted octanol–water partition coefficient (Wildman–Crippen LogP) is 3.65. The third-order valence-corrected chi connectivity index (χ3v) is 4.71. The molecule has 1 heterocycles. The Morgan fingerprint density at radius 1 is 1.37 bits per heavy atom. The van der Waals surface area contributed by atoms with Gasteiger partial charge in [0.2, 0.25) is 0 Å². The van der Waals surface area contributed by atoms with E-state index in [1.807, 2.05) is 24.3 Å². The van der Waals surface area contributed by atoms with Gasteiger partial charge >= 0.3 is 0 Å². The largest absolute Gasteiger partial charge is 0.397 e. The number of hydrogen-bond acceptors (Lipinski definition) is 3. The second kappa shape index (κ2) is 5.21. The summed E-state index contributed by atoms with van der Waals surface area (Å²) in [6.45, 7) is 7.07. The Hall–Kier alpha value is -1.55. The van der Waals surface area contributed by atoms with Gasteiger partial charge in [-0.25, -0.2) is 0 Å². The van der Waals surface area contributed by atoms with Crippen molar-refractivity contribution in [3.63, 3.8) is 0 Å². The number of nitrogens with two attached hydrogens (primary N) is 1. The van der Waals surface area contributed by atoms with E-state index in [9.17, 15) is 4.79 Å². The summed E-state index contributed by atoms with van der Waals surface area (Å²) in [6.07, 6.45) is 1.02. The molecule has 1 aromatic carbocycles. The van der Waals surface area contributed by atoms with Gasteiger partial charge in [-0.2, -0.15) is 0 Å². The van der Waals surface area contributed by atoms with Crippen molar-refractivity contribution in [2.24, 2.45) is 5.41 Å². The molecule has 0 radical (unpaired) electrons. The Bertz CT molecular complexity index is 601. The van der Waals surface area contributed by atoms with Crippen LogP contribution in [0.3, 0.4) is 0 Å². The monoisotopic (exact) mass is 276 g/mol. The highest BCUT2D eigenvalue weighted by Gasteiger charge is 2.20. The minimum Gasteiger partial charge on any atom is -0.397 e. The molecule has 0 aliphatic carbocycles. The first-order chi connectivity index (χ1) is 8.94. The van der Waals surface area contributed by atoms with Gasteiger partial charge in [-0.15, -0.1) is 11.3 Å². The number of nitrogens with one attached hydrogen (secondary N) is 1. The minimum absolute atomic E-state index is 0.0692. The standard InChI is InChI=1S/C15H20N2OS/c1-4-15(2,3)9-17-14(18)13-12(16)10-7-5-6-8-11(10)19-13/h5-8H,4,9,16H2,1-3H3,(H,17,18). The van der Waals surface area contributed by atoms with Crippen LogP contribution in [0.5, 0.6) is 0 Å². The Kier molecular flexibility index (Phi) is 3.80. The van der Waals surface area contributed by atoms with Crippen LogP contribution in [-0.2, 0) is 0 Å². The van der Waals surface area contributed by atoms with Gasteiger partial charge in [0, 0.05) is 16.6 Å². The molecule has 0 spiro atoms. The van der Waals surface area contributed by atoms with Gasteiger partial charge in [0.1, 0.15) is 4.88 Å². The van der Waals surface area contributed by atoms with Gasteiger partial charge in [-0.3, -0.25) is 4.79 Å². The molecule has 0 aliphatic heterocycles. The molecule has 1 amide bonds. The summed E-state index contributed by atoms with van der Waals surface area (Å²) < 4.78 is 1.06. The number of anilines is 1. The van der Waals surface area contributed by atoms with Crippen molar-refractivity contribution in [1.29, 1.82) is 0 Å². The maximum absolute atomic E-state index is 12.2. The van der Waals surface area contributed by atoms with Gasteiger partial charge < -0.3 is 11.1 Å². The maximum atomic E-state index is 12.2. The van der Waals surface area contributed by atoms with Crippen LogP contribution in [0.25, 0.3) is 10.1 Å². The minimum atomic E-state index is -0.0692. The van der Waals surface area contributed by atoms with E-state index in [4.69, 9.17) is 5.73 Å². The van der Waals surface area contributed by atoms with Crippen LogP contribution in [0.1, 0.15) is 36.9 Å². The fourth-order valence-electron chi connectivity index (χ4n) is 1.76. The van der Waals surface area contributed by atoms with Gasteiger partial charge in [0.25, 0.3) is 5.91 Å². The second-order valence-electron chi connectivity index (χ2n) is 5.54. The van der Waals surface area contributed by atoms with Crippen LogP contribution in [0.15, 0.2) is 24.3 Å². The number of nitrogen functional groups attached to an aromatic ring is 1. The first-order valence-electron chi connectivity index (χ1n) is 6.50. The van der Waals surface area contributed by atoms with Gasteiger partial charge in [-0.05, 0) is 17.9 Å². The molecular formula is C15H20N2OS. The number of amides is 1. The Balaban J connectivity index is 2.20. The lowest BCUT2D eigenvalue weighted by atomic mass is 9.90. The van der Waals surface area contributed by atoms with Crippen LogP contribution < -0.4 is 11.1 Å². The molecule has 0 aliphatic rings. The number of rotatable bonds is 4. The highest BCUT2D eigenvalue weighted by Crippen LogP contribution is 2.33. The number of benzene rings is 1. The van der Waals surface area contributed by atoms with E-state index in [1.54, 1.807) is 0 Å². The summed E-state index contributed by atoms with van der Waals surface area (Å²) in [5, 5.41) is 3.95. The van der Waals surface area contributed by atoms with E-state index >= 15 is 0 Å². The Labute approximate surface area is 117 Å². The van der Waals surface area contributed by atoms with Crippen LogP contribution in [0, 0.1) is 5.41 Å². The van der Waals surface area contributed by atoms with Crippen molar-refractivity contribution < 1.29 is 4.79 Å². The topological polar surface area (TPSA) is 55.1 Å². The average molecular weight is 276 g/mol. The molecular weight excluding hydrogens is 256 g/mol. The smallest absolute Gasteiger partial charge is 0.263 e.